The zero-order valence-electron chi connectivity index (χ0n) is 29.4. The summed E-state index contributed by atoms with van der Waals surface area (Å²) in [6.45, 7) is 4.53. The summed E-state index contributed by atoms with van der Waals surface area (Å²) in [6, 6.07) is 0. The van der Waals surface area contributed by atoms with Crippen molar-refractivity contribution in [3.05, 3.63) is 0 Å². The quantitative estimate of drug-likeness (QED) is 0.0509. The standard InChI is InChI=1S/2C18H36O2.Ca.2Zn/c2*1-2-3-4-5-6-7-8-9-10-11-12-13-14-15-16-17-18(19)20;;;/h2*2-17H2,1H3,(H,19,20);;;/q;;3*+2/p-2. The van der Waals surface area contributed by atoms with Crippen molar-refractivity contribution in [2.75, 3.05) is 0 Å². The molecule has 0 aromatic rings. The van der Waals surface area contributed by atoms with Gasteiger partial charge in [0.2, 0.25) is 0 Å². The van der Waals surface area contributed by atoms with Gasteiger partial charge in [0.05, 0.1) is 0 Å². The zero-order valence-corrected chi connectivity index (χ0v) is 37.5. The van der Waals surface area contributed by atoms with E-state index in [2.05, 4.69) is 13.8 Å². The Morgan fingerprint density at radius 2 is 0.465 bits per heavy atom. The van der Waals surface area contributed by atoms with E-state index in [-0.39, 0.29) is 89.5 Å². The van der Waals surface area contributed by atoms with Crippen LogP contribution in [0.5, 0.6) is 0 Å². The van der Waals surface area contributed by atoms with Gasteiger partial charge in [-0.25, -0.2) is 0 Å². The molecule has 0 N–H and O–H groups in total. The normalized spacial score (nSPS) is 10.1. The second-order valence-corrected chi connectivity index (χ2v) is 12.1. The summed E-state index contributed by atoms with van der Waals surface area (Å²) in [5.41, 5.74) is 0. The van der Waals surface area contributed by atoms with Crippen LogP contribution in [0.3, 0.4) is 0 Å². The molecule has 0 aliphatic carbocycles. The van der Waals surface area contributed by atoms with E-state index >= 15 is 0 Å². The number of hydrogen-bond acceptors (Lipinski definition) is 4. The van der Waals surface area contributed by atoms with Crippen LogP contribution >= 0.6 is 0 Å². The first-order valence-electron chi connectivity index (χ1n) is 17.9. The van der Waals surface area contributed by atoms with E-state index in [9.17, 15) is 19.8 Å². The van der Waals surface area contributed by atoms with Gasteiger partial charge in [-0.2, -0.15) is 0 Å². The first-order chi connectivity index (χ1) is 19.5. The van der Waals surface area contributed by atoms with Gasteiger partial charge in [0.25, 0.3) is 0 Å². The molecule has 43 heavy (non-hydrogen) atoms. The van der Waals surface area contributed by atoms with E-state index in [4.69, 9.17) is 0 Å². The molecule has 0 aromatic heterocycles. The summed E-state index contributed by atoms with van der Waals surface area (Å²) >= 11 is 0. The molecule has 0 heterocycles. The molecule has 0 rings (SSSR count). The molecule has 0 aliphatic heterocycles. The van der Waals surface area contributed by atoms with Crippen molar-refractivity contribution in [1.82, 2.24) is 0 Å². The van der Waals surface area contributed by atoms with Crippen molar-refractivity contribution in [2.45, 2.75) is 219 Å². The van der Waals surface area contributed by atoms with Gasteiger partial charge in [-0.15, -0.1) is 0 Å². The van der Waals surface area contributed by atoms with E-state index in [0.717, 1.165) is 25.7 Å². The molecule has 0 fully saturated rings. The van der Waals surface area contributed by atoms with Crippen molar-refractivity contribution in [3.63, 3.8) is 0 Å². The van der Waals surface area contributed by atoms with Crippen LogP contribution in [0.1, 0.15) is 219 Å². The fourth-order valence-electron chi connectivity index (χ4n) is 5.28. The molecular weight excluding hydrogens is 667 g/mol. The van der Waals surface area contributed by atoms with Gasteiger partial charge in [-0.3, -0.25) is 0 Å². The summed E-state index contributed by atoms with van der Waals surface area (Å²) in [4.78, 5) is 20.4. The van der Waals surface area contributed by atoms with Crippen LogP contribution in [0.4, 0.5) is 0 Å². The summed E-state index contributed by atoms with van der Waals surface area (Å²) in [7, 11) is 0. The minimum absolute atomic E-state index is 0. The number of aliphatic carboxylic acids is 2. The third kappa shape index (κ3) is 59.4. The summed E-state index contributed by atoms with van der Waals surface area (Å²) < 4.78 is 0. The molecule has 7 heteroatoms. The maximum absolute atomic E-state index is 10.2. The van der Waals surface area contributed by atoms with E-state index in [1.165, 1.54) is 167 Å². The van der Waals surface area contributed by atoms with Gasteiger partial charge in [0.1, 0.15) is 0 Å². The van der Waals surface area contributed by atoms with Crippen LogP contribution in [0, 0.1) is 0 Å². The number of carboxylic acid groups (broad SMARTS) is 2. The molecule has 0 spiro atoms. The number of carbonyl (C=O) groups is 2. The average molecular weight is 738 g/mol. The Balaban J connectivity index is -0.000000209. The molecule has 0 radical (unpaired) electrons. The van der Waals surface area contributed by atoms with Crippen molar-refractivity contribution >= 4 is 49.7 Å². The number of carboxylic acids is 2. The third-order valence-electron chi connectivity index (χ3n) is 7.97. The van der Waals surface area contributed by atoms with E-state index in [1.807, 2.05) is 0 Å². The van der Waals surface area contributed by atoms with Crippen LogP contribution in [0.2, 0.25) is 0 Å². The summed E-state index contributed by atoms with van der Waals surface area (Å²) in [5.74, 6) is -1.81. The van der Waals surface area contributed by atoms with Gasteiger partial charge >= 0.3 is 76.7 Å². The maximum atomic E-state index is 10.2. The summed E-state index contributed by atoms with van der Waals surface area (Å²) in [5, 5.41) is 20.4. The second kappa shape index (κ2) is 50.3. The van der Waals surface area contributed by atoms with Crippen LogP contribution in [0.25, 0.3) is 0 Å². The van der Waals surface area contributed by atoms with Gasteiger partial charge in [0.15, 0.2) is 0 Å². The van der Waals surface area contributed by atoms with Crippen molar-refractivity contribution in [1.29, 1.82) is 0 Å². The molecule has 0 saturated heterocycles. The minimum Gasteiger partial charge on any atom is -0.550 e. The largest absolute Gasteiger partial charge is 2.00 e. The Hall–Kier alpha value is 1.45. The number of hydrogen-bond donors (Lipinski definition) is 0. The fourth-order valence-corrected chi connectivity index (χ4v) is 5.28. The van der Waals surface area contributed by atoms with Gasteiger partial charge in [-0.05, 0) is 25.7 Å². The average Bonchev–Trinajstić information content (AvgIpc) is 2.93. The van der Waals surface area contributed by atoms with Gasteiger partial charge < -0.3 is 19.8 Å². The Labute approximate surface area is 324 Å². The topological polar surface area (TPSA) is 80.3 Å². The number of rotatable bonds is 32. The van der Waals surface area contributed by atoms with E-state index < -0.39 is 11.9 Å². The predicted molar refractivity (Wildman–Crippen MR) is 175 cm³/mol. The molecule has 0 atom stereocenters. The molecular formula is C36H70CaO4Zn2+4. The SMILES string of the molecule is CCCCCCCCCCCCCCCCCC(=O)[O-].CCCCCCCCCCCCCCCCCC(=O)[O-].[Ca+2].[Zn+2].[Zn+2]. The molecule has 4 nitrogen and oxygen atoms in total. The van der Waals surface area contributed by atoms with Crippen molar-refractivity contribution in [3.8, 4) is 0 Å². The predicted octanol–water partition coefficient (Wildman–Crippen LogP) is 9.61. The Kier molecular flexibility index (Phi) is 63.1. The van der Waals surface area contributed by atoms with E-state index in [1.54, 1.807) is 0 Å². The third-order valence-corrected chi connectivity index (χ3v) is 7.97. The first kappa shape index (κ1) is 53.9. The molecule has 0 aromatic carbocycles. The molecule has 0 amide bonds. The number of carbonyl (C=O) groups excluding carboxylic acids is 2. The van der Waals surface area contributed by atoms with Crippen LogP contribution in [0.15, 0.2) is 0 Å². The summed E-state index contributed by atoms with van der Waals surface area (Å²) in [6.07, 6.45) is 39.7. The van der Waals surface area contributed by atoms with Gasteiger partial charge in [0, 0.05) is 11.9 Å². The maximum Gasteiger partial charge on any atom is 2.00 e. The minimum atomic E-state index is -0.903. The Morgan fingerprint density at radius 3 is 0.605 bits per heavy atom. The molecule has 240 valence electrons. The number of unbranched alkanes of at least 4 members (excludes halogenated alkanes) is 28. The molecule has 0 aliphatic rings. The van der Waals surface area contributed by atoms with Crippen LogP contribution in [-0.4, -0.2) is 49.7 Å². The van der Waals surface area contributed by atoms with Crippen LogP contribution in [-0.2, 0) is 48.5 Å². The monoisotopic (exact) mass is 734 g/mol. The first-order valence-corrected chi connectivity index (χ1v) is 17.9. The Morgan fingerprint density at radius 1 is 0.326 bits per heavy atom. The van der Waals surface area contributed by atoms with Crippen LogP contribution < -0.4 is 10.2 Å². The van der Waals surface area contributed by atoms with Gasteiger partial charge in [-0.1, -0.05) is 194 Å². The second-order valence-electron chi connectivity index (χ2n) is 12.1. The molecule has 0 bridgehead atoms. The Bertz CT molecular complexity index is 466. The zero-order chi connectivity index (χ0) is 29.8. The molecule has 0 unspecified atom stereocenters. The smallest absolute Gasteiger partial charge is 0.550 e. The van der Waals surface area contributed by atoms with Crippen molar-refractivity contribution in [2.24, 2.45) is 0 Å². The van der Waals surface area contributed by atoms with Crippen molar-refractivity contribution < 1.29 is 58.8 Å². The fraction of sp³-hybridized carbons (Fsp3) is 0.944. The molecule has 0 saturated carbocycles. The van der Waals surface area contributed by atoms with E-state index in [0.29, 0.717) is 0 Å².